The van der Waals surface area contributed by atoms with E-state index in [2.05, 4.69) is 25.3 Å². The highest BCUT2D eigenvalue weighted by Gasteiger charge is 2.38. The minimum atomic E-state index is -4.72. The number of nitrogens with one attached hydrogen (secondary N) is 2. The van der Waals surface area contributed by atoms with Crippen molar-refractivity contribution in [3.8, 4) is 11.4 Å². The number of anilines is 1. The Morgan fingerprint density at radius 1 is 1.06 bits per heavy atom. The van der Waals surface area contributed by atoms with Crippen LogP contribution in [-0.4, -0.2) is 46.1 Å². The second-order valence-electron chi connectivity index (χ2n) is 8.56. The Balaban J connectivity index is 1.30. The fraction of sp³-hybridized carbons (Fsp3) is 0.360. The maximum atomic E-state index is 12.9. The molecule has 3 aromatic rings. The number of urea groups is 1. The molecular weight excluding hydrogens is 475 g/mol. The highest BCUT2D eigenvalue weighted by molar-refractivity contribution is 5.90. The molecule has 1 aliphatic rings. The van der Waals surface area contributed by atoms with E-state index in [-0.39, 0.29) is 23.8 Å². The second kappa shape index (κ2) is 11.2. The van der Waals surface area contributed by atoms with Gasteiger partial charge in [-0.05, 0) is 55.5 Å². The fourth-order valence-corrected chi connectivity index (χ4v) is 4.06. The average molecular weight is 502 g/mol. The van der Waals surface area contributed by atoms with Crippen molar-refractivity contribution in [1.29, 1.82) is 0 Å². The van der Waals surface area contributed by atoms with Crippen molar-refractivity contribution in [3.63, 3.8) is 0 Å². The number of carbonyl (C=O) groups is 2. The van der Waals surface area contributed by atoms with E-state index in [0.29, 0.717) is 37.2 Å². The molecule has 0 radical (unpaired) electrons. The molecule has 11 heteroatoms. The smallest absolute Gasteiger partial charge is 0.354 e. The molecule has 1 fully saturated rings. The van der Waals surface area contributed by atoms with Crippen LogP contribution in [-0.2, 0) is 17.4 Å². The van der Waals surface area contributed by atoms with Crippen molar-refractivity contribution in [2.45, 2.75) is 44.3 Å². The maximum Gasteiger partial charge on any atom is 0.471 e. The minimum Gasteiger partial charge on any atom is -0.354 e. The predicted octanol–water partition coefficient (Wildman–Crippen LogP) is 4.89. The summed E-state index contributed by atoms with van der Waals surface area (Å²) in [5, 5.41) is 9.12. The van der Waals surface area contributed by atoms with E-state index in [1.165, 1.54) is 12.1 Å². The van der Waals surface area contributed by atoms with E-state index in [1.54, 1.807) is 17.0 Å². The summed E-state index contributed by atoms with van der Waals surface area (Å²) >= 11 is 0. The van der Waals surface area contributed by atoms with Crippen LogP contribution in [0.15, 0.2) is 59.1 Å². The van der Waals surface area contributed by atoms with Gasteiger partial charge in [0.15, 0.2) is 0 Å². The van der Waals surface area contributed by atoms with Crippen LogP contribution in [0.4, 0.5) is 23.7 Å². The van der Waals surface area contributed by atoms with Gasteiger partial charge in [-0.3, -0.25) is 4.79 Å². The van der Waals surface area contributed by atoms with Gasteiger partial charge in [0.2, 0.25) is 11.7 Å². The molecule has 1 unspecified atom stereocenters. The van der Waals surface area contributed by atoms with Crippen molar-refractivity contribution in [2.24, 2.45) is 0 Å². The normalized spacial score (nSPS) is 16.0. The molecule has 36 heavy (non-hydrogen) atoms. The van der Waals surface area contributed by atoms with Crippen LogP contribution in [0.1, 0.15) is 37.1 Å². The number of nitrogens with zero attached hydrogens (tertiary/aromatic N) is 3. The Morgan fingerprint density at radius 2 is 1.81 bits per heavy atom. The average Bonchev–Trinajstić information content (AvgIpc) is 3.39. The molecule has 2 heterocycles. The third-order valence-electron chi connectivity index (χ3n) is 5.97. The quantitative estimate of drug-likeness (QED) is 0.480. The molecule has 0 bridgehead atoms. The zero-order valence-corrected chi connectivity index (χ0v) is 19.4. The van der Waals surface area contributed by atoms with Gasteiger partial charge in [-0.2, -0.15) is 18.2 Å². The van der Waals surface area contributed by atoms with E-state index in [0.717, 1.165) is 24.8 Å². The Kier molecular flexibility index (Phi) is 7.87. The number of amides is 3. The highest BCUT2D eigenvalue weighted by Crippen LogP contribution is 2.29. The largest absolute Gasteiger partial charge is 0.471 e. The van der Waals surface area contributed by atoms with E-state index >= 15 is 0 Å². The molecule has 2 N–H and O–H groups in total. The third-order valence-corrected chi connectivity index (χ3v) is 5.97. The van der Waals surface area contributed by atoms with E-state index < -0.39 is 12.1 Å². The summed E-state index contributed by atoms with van der Waals surface area (Å²) in [5.41, 5.74) is 1.89. The van der Waals surface area contributed by atoms with Crippen molar-refractivity contribution < 1.29 is 27.3 Å². The third kappa shape index (κ3) is 6.61. The minimum absolute atomic E-state index is 0.0597. The van der Waals surface area contributed by atoms with Gasteiger partial charge in [-0.25, -0.2) is 4.79 Å². The first kappa shape index (κ1) is 25.2. The van der Waals surface area contributed by atoms with Crippen LogP contribution < -0.4 is 10.6 Å². The summed E-state index contributed by atoms with van der Waals surface area (Å²) < 4.78 is 42.3. The molecule has 8 nitrogen and oxygen atoms in total. The number of rotatable bonds is 7. The van der Waals surface area contributed by atoms with Gasteiger partial charge in [0, 0.05) is 30.8 Å². The highest BCUT2D eigenvalue weighted by atomic mass is 19.4. The zero-order chi connectivity index (χ0) is 25.5. The van der Waals surface area contributed by atoms with Crippen LogP contribution in [0.25, 0.3) is 11.4 Å². The van der Waals surface area contributed by atoms with E-state index in [1.807, 2.05) is 30.3 Å². The molecule has 2 aromatic carbocycles. The zero-order valence-electron chi connectivity index (χ0n) is 19.4. The number of carbonyl (C=O) groups excluding carboxylic acids is 2. The summed E-state index contributed by atoms with van der Waals surface area (Å²) in [6.45, 7) is 0.941. The Labute approximate surface area is 205 Å². The summed E-state index contributed by atoms with van der Waals surface area (Å²) in [7, 11) is 0. The molecular formula is C25H26F3N5O3. The first-order valence-corrected chi connectivity index (χ1v) is 11.7. The lowest BCUT2D eigenvalue weighted by Gasteiger charge is -2.35. The van der Waals surface area contributed by atoms with E-state index in [4.69, 9.17) is 0 Å². The second-order valence-corrected chi connectivity index (χ2v) is 8.56. The number of hydrogen-bond acceptors (Lipinski definition) is 5. The van der Waals surface area contributed by atoms with Crippen LogP contribution in [0, 0.1) is 0 Å². The lowest BCUT2D eigenvalue weighted by Crippen LogP contribution is -2.50. The number of alkyl halides is 3. The van der Waals surface area contributed by atoms with Crippen molar-refractivity contribution in [2.75, 3.05) is 18.4 Å². The number of aryl methyl sites for hydroxylation is 1. The number of piperidine rings is 1. The molecule has 1 saturated heterocycles. The number of likely N-dealkylation sites (tertiary alicyclic amines) is 1. The standard InChI is InChI=1S/C25H26F3N5O3/c26-25(27,28)23-31-22(32-36-23)18-10-12-19(13-11-18)30-24(35)33-15-5-4-8-20(33)16-29-21(34)14-9-17-6-2-1-3-7-17/h1-3,6-7,10-13,20H,4-5,8-9,14-16H2,(H,29,34)(H,30,35). The predicted molar refractivity (Wildman–Crippen MR) is 126 cm³/mol. The number of hydrogen-bond donors (Lipinski definition) is 2. The van der Waals surface area contributed by atoms with Gasteiger partial charge in [0.1, 0.15) is 0 Å². The number of benzene rings is 2. The van der Waals surface area contributed by atoms with Crippen LogP contribution in [0.2, 0.25) is 0 Å². The lowest BCUT2D eigenvalue weighted by atomic mass is 10.0. The first-order valence-electron chi connectivity index (χ1n) is 11.7. The molecule has 3 amide bonds. The summed E-state index contributed by atoms with van der Waals surface area (Å²) in [6.07, 6.45) is -1.08. The van der Waals surface area contributed by atoms with Crippen LogP contribution in [0.5, 0.6) is 0 Å². The topological polar surface area (TPSA) is 100 Å². The summed E-state index contributed by atoms with van der Waals surface area (Å²) in [6, 6.07) is 15.5. The lowest BCUT2D eigenvalue weighted by molar-refractivity contribution is -0.159. The van der Waals surface area contributed by atoms with Gasteiger partial charge < -0.3 is 20.1 Å². The Morgan fingerprint density at radius 3 is 2.50 bits per heavy atom. The molecule has 4 rings (SSSR count). The SMILES string of the molecule is O=C(CCc1ccccc1)NCC1CCCCN1C(=O)Nc1ccc(-c2noc(C(F)(F)F)n2)cc1. The van der Waals surface area contributed by atoms with Gasteiger partial charge in [0.25, 0.3) is 0 Å². The van der Waals surface area contributed by atoms with Gasteiger partial charge in [-0.15, -0.1) is 0 Å². The molecule has 190 valence electrons. The van der Waals surface area contributed by atoms with Crippen LogP contribution in [0.3, 0.4) is 0 Å². The first-order chi connectivity index (χ1) is 17.3. The molecule has 1 atom stereocenters. The van der Waals surface area contributed by atoms with Crippen molar-refractivity contribution >= 4 is 17.6 Å². The van der Waals surface area contributed by atoms with Crippen molar-refractivity contribution in [1.82, 2.24) is 20.4 Å². The molecule has 1 aromatic heterocycles. The molecule has 0 aliphatic carbocycles. The van der Waals surface area contributed by atoms with E-state index in [9.17, 15) is 22.8 Å². The number of aromatic nitrogens is 2. The molecule has 0 spiro atoms. The summed E-state index contributed by atoms with van der Waals surface area (Å²) in [4.78, 5) is 30.3. The van der Waals surface area contributed by atoms with Gasteiger partial charge in [-0.1, -0.05) is 35.5 Å². The maximum absolute atomic E-state index is 12.9. The summed E-state index contributed by atoms with van der Waals surface area (Å²) in [5.74, 6) is -1.67. The molecule has 0 saturated carbocycles. The molecule has 1 aliphatic heterocycles. The monoisotopic (exact) mass is 501 g/mol. The Bertz CT molecular complexity index is 1170. The van der Waals surface area contributed by atoms with Gasteiger partial charge in [0.05, 0.1) is 6.04 Å². The fourth-order valence-electron chi connectivity index (χ4n) is 4.06. The van der Waals surface area contributed by atoms with Crippen molar-refractivity contribution in [3.05, 3.63) is 66.1 Å². The number of halogens is 3. The van der Waals surface area contributed by atoms with Gasteiger partial charge >= 0.3 is 18.1 Å². The van der Waals surface area contributed by atoms with Crippen LogP contribution >= 0.6 is 0 Å². The Hall–Kier alpha value is -3.89.